The number of nitrogen functional groups attached to an aromatic ring is 1. The molecule has 3 N–H and O–H groups in total. The van der Waals surface area contributed by atoms with Crippen molar-refractivity contribution >= 4 is 28.1 Å². The molecule has 0 aliphatic carbocycles. The molecular formula is C19H18N2O. The third-order valence-corrected chi connectivity index (χ3v) is 3.76. The largest absolute Gasteiger partial charge is 0.399 e. The second-order valence-electron chi connectivity index (χ2n) is 5.44. The number of aryl methyl sites for hydroxylation is 1. The lowest BCUT2D eigenvalue weighted by Gasteiger charge is -2.10. The summed E-state index contributed by atoms with van der Waals surface area (Å²) in [5.74, 6) is -0.0239. The van der Waals surface area contributed by atoms with Crippen LogP contribution in [0.4, 0.5) is 11.4 Å². The highest BCUT2D eigenvalue weighted by atomic mass is 16.1. The number of fused-ring (bicyclic) bond motifs is 1. The van der Waals surface area contributed by atoms with Crippen LogP contribution in [0.1, 0.15) is 11.1 Å². The van der Waals surface area contributed by atoms with Gasteiger partial charge in [0.25, 0.3) is 0 Å². The number of carbonyl (C=O) groups excluding carboxylic acids is 1. The Bertz CT molecular complexity index is 834. The van der Waals surface area contributed by atoms with Crippen molar-refractivity contribution in [2.45, 2.75) is 13.3 Å². The Morgan fingerprint density at radius 2 is 1.82 bits per heavy atom. The SMILES string of the molecule is Cc1cc(N)ccc1NC(=O)Cc1cccc2ccccc12. The third kappa shape index (κ3) is 2.93. The van der Waals surface area contributed by atoms with E-state index in [2.05, 4.69) is 17.4 Å². The van der Waals surface area contributed by atoms with Gasteiger partial charge in [-0.1, -0.05) is 42.5 Å². The molecule has 0 aromatic heterocycles. The van der Waals surface area contributed by atoms with E-state index in [0.29, 0.717) is 12.1 Å². The minimum absolute atomic E-state index is 0.0239. The van der Waals surface area contributed by atoms with Crippen molar-refractivity contribution in [2.75, 3.05) is 11.1 Å². The van der Waals surface area contributed by atoms with Crippen molar-refractivity contribution in [1.29, 1.82) is 0 Å². The number of anilines is 2. The molecule has 0 radical (unpaired) electrons. The minimum atomic E-state index is -0.0239. The van der Waals surface area contributed by atoms with Crippen LogP contribution in [0.3, 0.4) is 0 Å². The molecular weight excluding hydrogens is 272 g/mol. The standard InChI is InChI=1S/C19H18N2O/c1-13-11-16(20)9-10-18(13)21-19(22)12-15-7-4-6-14-5-2-3-8-17(14)15/h2-11H,12,20H2,1H3,(H,21,22). The van der Waals surface area contributed by atoms with Gasteiger partial charge in [-0.05, 0) is 47.0 Å². The highest BCUT2D eigenvalue weighted by Crippen LogP contribution is 2.21. The highest BCUT2D eigenvalue weighted by molar-refractivity contribution is 5.96. The molecule has 3 heteroatoms. The van der Waals surface area contributed by atoms with Gasteiger partial charge in [-0.15, -0.1) is 0 Å². The molecule has 3 nitrogen and oxygen atoms in total. The number of amides is 1. The van der Waals surface area contributed by atoms with Crippen molar-refractivity contribution in [3.63, 3.8) is 0 Å². The second kappa shape index (κ2) is 5.90. The first-order valence-corrected chi connectivity index (χ1v) is 7.26. The van der Waals surface area contributed by atoms with Gasteiger partial charge in [0.2, 0.25) is 5.91 Å². The van der Waals surface area contributed by atoms with Crippen LogP contribution in [0.5, 0.6) is 0 Å². The maximum Gasteiger partial charge on any atom is 0.228 e. The summed E-state index contributed by atoms with van der Waals surface area (Å²) in [4.78, 5) is 12.3. The quantitative estimate of drug-likeness (QED) is 0.718. The van der Waals surface area contributed by atoms with Gasteiger partial charge in [-0.25, -0.2) is 0 Å². The molecule has 0 aliphatic rings. The molecule has 1 amide bonds. The highest BCUT2D eigenvalue weighted by Gasteiger charge is 2.08. The van der Waals surface area contributed by atoms with Gasteiger partial charge in [0.15, 0.2) is 0 Å². The topological polar surface area (TPSA) is 55.1 Å². The van der Waals surface area contributed by atoms with Crippen molar-refractivity contribution in [2.24, 2.45) is 0 Å². The summed E-state index contributed by atoms with van der Waals surface area (Å²) < 4.78 is 0. The molecule has 3 rings (SSSR count). The zero-order valence-corrected chi connectivity index (χ0v) is 12.5. The molecule has 0 heterocycles. The number of hydrogen-bond acceptors (Lipinski definition) is 2. The zero-order chi connectivity index (χ0) is 15.5. The van der Waals surface area contributed by atoms with Gasteiger partial charge >= 0.3 is 0 Å². The summed E-state index contributed by atoms with van der Waals surface area (Å²) in [6.07, 6.45) is 0.352. The van der Waals surface area contributed by atoms with Crippen molar-refractivity contribution in [1.82, 2.24) is 0 Å². The van der Waals surface area contributed by atoms with Crippen LogP contribution in [0, 0.1) is 6.92 Å². The average Bonchev–Trinajstić information content (AvgIpc) is 2.50. The summed E-state index contributed by atoms with van der Waals surface area (Å²) in [6, 6.07) is 19.6. The average molecular weight is 290 g/mol. The normalized spacial score (nSPS) is 10.6. The number of nitrogens with one attached hydrogen (secondary N) is 1. The molecule has 0 saturated heterocycles. The van der Waals surface area contributed by atoms with E-state index in [1.807, 2.05) is 49.4 Å². The van der Waals surface area contributed by atoms with Gasteiger partial charge in [0, 0.05) is 11.4 Å². The summed E-state index contributed by atoms with van der Waals surface area (Å²) in [7, 11) is 0. The van der Waals surface area contributed by atoms with Gasteiger partial charge in [0.05, 0.1) is 6.42 Å². The van der Waals surface area contributed by atoms with Crippen LogP contribution >= 0.6 is 0 Å². The molecule has 0 unspecified atom stereocenters. The fourth-order valence-electron chi connectivity index (χ4n) is 2.64. The minimum Gasteiger partial charge on any atom is -0.399 e. The van der Waals surface area contributed by atoms with Gasteiger partial charge < -0.3 is 11.1 Å². The van der Waals surface area contributed by atoms with Gasteiger partial charge in [0.1, 0.15) is 0 Å². The predicted molar refractivity (Wildman–Crippen MR) is 91.9 cm³/mol. The van der Waals surface area contributed by atoms with Crippen molar-refractivity contribution in [3.05, 3.63) is 71.8 Å². The Morgan fingerprint density at radius 1 is 1.05 bits per heavy atom. The van der Waals surface area contributed by atoms with Crippen LogP contribution in [0.2, 0.25) is 0 Å². The summed E-state index contributed by atoms with van der Waals surface area (Å²) >= 11 is 0. The van der Waals surface area contributed by atoms with Gasteiger partial charge in [-0.2, -0.15) is 0 Å². The Morgan fingerprint density at radius 3 is 2.64 bits per heavy atom. The molecule has 3 aromatic rings. The van der Waals surface area contributed by atoms with E-state index in [-0.39, 0.29) is 5.91 Å². The van der Waals surface area contributed by atoms with E-state index in [1.165, 1.54) is 0 Å². The molecule has 110 valence electrons. The second-order valence-corrected chi connectivity index (χ2v) is 5.44. The zero-order valence-electron chi connectivity index (χ0n) is 12.5. The first-order valence-electron chi connectivity index (χ1n) is 7.26. The van der Waals surface area contributed by atoms with Crippen LogP contribution in [0.15, 0.2) is 60.7 Å². The van der Waals surface area contributed by atoms with Gasteiger partial charge in [-0.3, -0.25) is 4.79 Å². The number of hydrogen-bond donors (Lipinski definition) is 2. The summed E-state index contributed by atoms with van der Waals surface area (Å²) in [6.45, 7) is 1.93. The molecule has 22 heavy (non-hydrogen) atoms. The first-order chi connectivity index (χ1) is 10.6. The number of nitrogens with two attached hydrogens (primary N) is 1. The molecule has 0 aliphatic heterocycles. The fraction of sp³-hybridized carbons (Fsp3) is 0.105. The Kier molecular flexibility index (Phi) is 3.79. The lowest BCUT2D eigenvalue weighted by Crippen LogP contribution is -2.15. The van der Waals surface area contributed by atoms with E-state index in [4.69, 9.17) is 5.73 Å². The number of carbonyl (C=O) groups is 1. The summed E-state index contributed by atoms with van der Waals surface area (Å²) in [5.41, 5.74) is 9.23. The van der Waals surface area contributed by atoms with Crippen molar-refractivity contribution < 1.29 is 4.79 Å². The third-order valence-electron chi connectivity index (χ3n) is 3.76. The molecule has 0 fully saturated rings. The van der Waals surface area contributed by atoms with Crippen LogP contribution in [-0.4, -0.2) is 5.91 Å². The smallest absolute Gasteiger partial charge is 0.228 e. The molecule has 0 atom stereocenters. The molecule has 0 saturated carbocycles. The maximum absolute atomic E-state index is 12.3. The van der Waals surface area contributed by atoms with Crippen LogP contribution < -0.4 is 11.1 Å². The van der Waals surface area contributed by atoms with Crippen LogP contribution in [-0.2, 0) is 11.2 Å². The van der Waals surface area contributed by atoms with E-state index < -0.39 is 0 Å². The fourth-order valence-corrected chi connectivity index (χ4v) is 2.64. The van der Waals surface area contributed by atoms with Crippen LogP contribution in [0.25, 0.3) is 10.8 Å². The Labute approximate surface area is 129 Å². The lowest BCUT2D eigenvalue weighted by atomic mass is 10.0. The monoisotopic (exact) mass is 290 g/mol. The molecule has 0 bridgehead atoms. The Hall–Kier alpha value is -2.81. The van der Waals surface area contributed by atoms with E-state index >= 15 is 0 Å². The lowest BCUT2D eigenvalue weighted by molar-refractivity contribution is -0.115. The molecule has 3 aromatic carbocycles. The molecule has 0 spiro atoms. The summed E-state index contributed by atoms with van der Waals surface area (Å²) in [5, 5.41) is 5.23. The number of benzene rings is 3. The van der Waals surface area contributed by atoms with E-state index in [1.54, 1.807) is 6.07 Å². The predicted octanol–water partition coefficient (Wildman–Crippen LogP) is 3.91. The maximum atomic E-state index is 12.3. The number of rotatable bonds is 3. The first kappa shape index (κ1) is 14.1. The Balaban J connectivity index is 1.81. The van der Waals surface area contributed by atoms with E-state index in [9.17, 15) is 4.79 Å². The van der Waals surface area contributed by atoms with E-state index in [0.717, 1.165) is 27.6 Å². The van der Waals surface area contributed by atoms with Crippen molar-refractivity contribution in [3.8, 4) is 0 Å².